The van der Waals surface area contributed by atoms with Gasteiger partial charge in [0.05, 0.1) is 19.8 Å². The van der Waals surface area contributed by atoms with Gasteiger partial charge >= 0.3 is 6.18 Å². The average Bonchev–Trinajstić information content (AvgIpc) is 2.17. The molecule has 0 radical (unpaired) electrons. The number of rotatable bonds is 3. The van der Waals surface area contributed by atoms with Crippen molar-refractivity contribution < 1.29 is 27.3 Å². The summed E-state index contributed by atoms with van der Waals surface area (Å²) in [7, 11) is 0. The van der Waals surface area contributed by atoms with Gasteiger partial charge in [-0.1, -0.05) is 0 Å². The van der Waals surface area contributed by atoms with Crippen molar-refractivity contribution in [3.05, 3.63) is 12.0 Å². The standard InChI is InChI=1S/C9H14F3NO2.FH/c1-2-15-8(9(10,11)12)7-13-3-5-14-6-4-13;/h7H,2-6H2,1H3;1H. The number of ether oxygens (including phenoxy) is 2. The van der Waals surface area contributed by atoms with Crippen LogP contribution in [0.4, 0.5) is 17.9 Å². The molecule has 16 heavy (non-hydrogen) atoms. The first kappa shape index (κ1) is 15.0. The van der Waals surface area contributed by atoms with E-state index >= 15 is 0 Å². The smallest absolute Gasteiger partial charge is 0.450 e. The molecule has 1 aliphatic rings. The van der Waals surface area contributed by atoms with Gasteiger partial charge < -0.3 is 14.4 Å². The summed E-state index contributed by atoms with van der Waals surface area (Å²) in [5, 5.41) is 0. The minimum atomic E-state index is -4.42. The van der Waals surface area contributed by atoms with Crippen molar-refractivity contribution in [3.8, 4) is 0 Å². The second-order valence-electron chi connectivity index (χ2n) is 3.07. The summed E-state index contributed by atoms with van der Waals surface area (Å²) in [6.07, 6.45) is -3.40. The maximum Gasteiger partial charge on any atom is 0.450 e. The van der Waals surface area contributed by atoms with Gasteiger partial charge in [0, 0.05) is 19.3 Å². The van der Waals surface area contributed by atoms with Crippen molar-refractivity contribution in [2.24, 2.45) is 0 Å². The van der Waals surface area contributed by atoms with Crippen LogP contribution in [0.5, 0.6) is 0 Å². The average molecular weight is 245 g/mol. The zero-order valence-corrected chi connectivity index (χ0v) is 8.92. The Kier molecular flexibility index (Phi) is 6.17. The van der Waals surface area contributed by atoms with Crippen molar-refractivity contribution in [1.29, 1.82) is 0 Å². The first-order chi connectivity index (χ1) is 7.04. The van der Waals surface area contributed by atoms with Crippen LogP contribution in [-0.2, 0) is 9.47 Å². The summed E-state index contributed by atoms with van der Waals surface area (Å²) in [4.78, 5) is 1.56. The van der Waals surface area contributed by atoms with Gasteiger partial charge in [-0.2, -0.15) is 13.2 Å². The molecule has 0 aliphatic carbocycles. The second kappa shape index (κ2) is 6.57. The van der Waals surface area contributed by atoms with Gasteiger partial charge in [-0.3, -0.25) is 4.70 Å². The summed E-state index contributed by atoms with van der Waals surface area (Å²) in [6, 6.07) is 0. The Balaban J connectivity index is 0.00000225. The zero-order valence-electron chi connectivity index (χ0n) is 8.92. The third kappa shape index (κ3) is 4.69. The summed E-state index contributed by atoms with van der Waals surface area (Å²) >= 11 is 0. The molecule has 3 nitrogen and oxygen atoms in total. The molecule has 0 aromatic rings. The Morgan fingerprint density at radius 1 is 1.38 bits per heavy atom. The lowest BCUT2D eigenvalue weighted by atomic mass is 10.4. The number of halogens is 4. The molecule has 0 atom stereocenters. The third-order valence-electron chi connectivity index (χ3n) is 1.92. The predicted molar refractivity (Wildman–Crippen MR) is 50.7 cm³/mol. The largest absolute Gasteiger partial charge is 0.488 e. The number of nitrogens with zero attached hydrogens (tertiary/aromatic N) is 1. The van der Waals surface area contributed by atoms with Crippen LogP contribution in [0.2, 0.25) is 0 Å². The summed E-state index contributed by atoms with van der Waals surface area (Å²) in [6.45, 7) is 3.37. The topological polar surface area (TPSA) is 21.7 Å². The van der Waals surface area contributed by atoms with Crippen LogP contribution < -0.4 is 0 Å². The number of morpholine rings is 1. The van der Waals surface area contributed by atoms with E-state index in [2.05, 4.69) is 4.74 Å². The SMILES string of the molecule is CCOC(=CN1CCOCC1)C(F)(F)F.F. The fourth-order valence-corrected chi connectivity index (χ4v) is 1.22. The fourth-order valence-electron chi connectivity index (χ4n) is 1.22. The van der Waals surface area contributed by atoms with Crippen LogP contribution in [0.3, 0.4) is 0 Å². The Hall–Kier alpha value is -0.980. The highest BCUT2D eigenvalue weighted by atomic mass is 19.4. The molecule has 0 N–H and O–H groups in total. The molecule has 0 spiro atoms. The molecule has 0 amide bonds. The molecule has 1 rings (SSSR count). The highest BCUT2D eigenvalue weighted by Crippen LogP contribution is 2.26. The van der Waals surface area contributed by atoms with E-state index in [0.717, 1.165) is 6.20 Å². The summed E-state index contributed by atoms with van der Waals surface area (Å²) in [5.41, 5.74) is 0. The van der Waals surface area contributed by atoms with Crippen LogP contribution in [0.25, 0.3) is 0 Å². The Morgan fingerprint density at radius 2 is 1.94 bits per heavy atom. The van der Waals surface area contributed by atoms with Crippen molar-refractivity contribution in [3.63, 3.8) is 0 Å². The molecule has 0 bridgehead atoms. The number of allylic oxidation sites excluding steroid dienone is 1. The van der Waals surface area contributed by atoms with Crippen molar-refractivity contribution in [2.75, 3.05) is 32.9 Å². The number of hydrogen-bond acceptors (Lipinski definition) is 3. The summed E-state index contributed by atoms with van der Waals surface area (Å²) in [5.74, 6) is -0.938. The lowest BCUT2D eigenvalue weighted by molar-refractivity contribution is -0.132. The van der Waals surface area contributed by atoms with Gasteiger partial charge in [0.2, 0.25) is 5.76 Å². The molecule has 1 fully saturated rings. The summed E-state index contributed by atoms with van der Waals surface area (Å²) < 4.78 is 46.8. The van der Waals surface area contributed by atoms with Gasteiger partial charge in [0.15, 0.2) is 0 Å². The zero-order chi connectivity index (χ0) is 11.3. The molecule has 7 heteroatoms. The second-order valence-corrected chi connectivity index (χ2v) is 3.07. The van der Waals surface area contributed by atoms with E-state index in [-0.39, 0.29) is 11.3 Å². The molecular weight excluding hydrogens is 230 g/mol. The minimum Gasteiger partial charge on any atom is -0.488 e. The lowest BCUT2D eigenvalue weighted by Gasteiger charge is -2.26. The monoisotopic (exact) mass is 245 g/mol. The number of hydrogen-bond donors (Lipinski definition) is 0. The van der Waals surface area contributed by atoms with Crippen LogP contribution >= 0.6 is 0 Å². The molecule has 0 aromatic carbocycles. The van der Waals surface area contributed by atoms with Gasteiger partial charge in [0.1, 0.15) is 0 Å². The number of alkyl halides is 3. The van der Waals surface area contributed by atoms with Crippen molar-refractivity contribution in [1.82, 2.24) is 4.90 Å². The first-order valence-electron chi connectivity index (χ1n) is 4.77. The fraction of sp³-hybridized carbons (Fsp3) is 0.778. The van der Waals surface area contributed by atoms with Crippen LogP contribution in [0.15, 0.2) is 12.0 Å². The molecule has 0 saturated carbocycles. The highest BCUT2D eigenvalue weighted by molar-refractivity contribution is 5.00. The maximum absolute atomic E-state index is 12.4. The predicted octanol–water partition coefficient (Wildman–Crippen LogP) is 1.91. The van der Waals surface area contributed by atoms with E-state index in [9.17, 15) is 13.2 Å². The van der Waals surface area contributed by atoms with Crippen molar-refractivity contribution in [2.45, 2.75) is 13.1 Å². The molecule has 0 aromatic heterocycles. The van der Waals surface area contributed by atoms with Crippen LogP contribution in [0, 0.1) is 0 Å². The van der Waals surface area contributed by atoms with E-state index in [0.29, 0.717) is 26.3 Å². The Bertz CT molecular complexity index is 224. The van der Waals surface area contributed by atoms with Gasteiger partial charge in [-0.05, 0) is 6.92 Å². The van der Waals surface area contributed by atoms with Gasteiger partial charge in [-0.15, -0.1) is 0 Å². The van der Waals surface area contributed by atoms with Crippen LogP contribution in [0.1, 0.15) is 6.92 Å². The van der Waals surface area contributed by atoms with E-state index in [4.69, 9.17) is 4.74 Å². The first-order valence-corrected chi connectivity index (χ1v) is 4.77. The molecule has 1 aliphatic heterocycles. The van der Waals surface area contributed by atoms with E-state index in [1.54, 1.807) is 4.90 Å². The molecule has 1 heterocycles. The van der Waals surface area contributed by atoms with E-state index < -0.39 is 11.9 Å². The third-order valence-corrected chi connectivity index (χ3v) is 1.92. The van der Waals surface area contributed by atoms with Crippen molar-refractivity contribution >= 4 is 0 Å². The van der Waals surface area contributed by atoms with E-state index in [1.807, 2.05) is 0 Å². The molecule has 1 saturated heterocycles. The molecular formula is C9H15F4NO2. The lowest BCUT2D eigenvalue weighted by Crippen LogP contribution is -2.33. The van der Waals surface area contributed by atoms with Gasteiger partial charge in [-0.25, -0.2) is 0 Å². The normalized spacial score (nSPS) is 18.0. The van der Waals surface area contributed by atoms with Crippen LogP contribution in [-0.4, -0.2) is 44.0 Å². The molecule has 96 valence electrons. The van der Waals surface area contributed by atoms with Gasteiger partial charge in [0.25, 0.3) is 0 Å². The Morgan fingerprint density at radius 3 is 2.38 bits per heavy atom. The molecule has 0 unspecified atom stereocenters. The minimum absolute atomic E-state index is 0. The quantitative estimate of drug-likeness (QED) is 0.560. The van der Waals surface area contributed by atoms with E-state index in [1.165, 1.54) is 6.92 Å². The Labute approximate surface area is 91.2 Å². The maximum atomic E-state index is 12.4. The highest BCUT2D eigenvalue weighted by Gasteiger charge is 2.36.